The molecule has 122 valence electrons. The van der Waals surface area contributed by atoms with Gasteiger partial charge in [-0.3, -0.25) is 0 Å². The fraction of sp³-hybridized carbons (Fsp3) is 0.562. The zero-order chi connectivity index (χ0) is 16.3. The van der Waals surface area contributed by atoms with Crippen molar-refractivity contribution in [3.8, 4) is 11.5 Å². The van der Waals surface area contributed by atoms with Crippen molar-refractivity contribution < 1.29 is 19.4 Å². The number of methoxy groups -OCH3 is 1. The number of hydrogen-bond donors (Lipinski definition) is 1. The molecule has 0 atom stereocenters. The lowest BCUT2D eigenvalue weighted by atomic mass is 10.2. The molecular formula is C16H24N2O4. The first-order valence-corrected chi connectivity index (χ1v) is 7.40. The maximum atomic E-state index is 12.0. The number of ether oxygens (including phenoxy) is 2. The monoisotopic (exact) mass is 308 g/mol. The Morgan fingerprint density at radius 3 is 2.36 bits per heavy atom. The van der Waals surface area contributed by atoms with Crippen molar-refractivity contribution in [3.05, 3.63) is 18.2 Å². The molecule has 1 N–H and O–H groups in total. The Morgan fingerprint density at radius 2 is 1.82 bits per heavy atom. The number of carbonyl (C=O) groups excluding carboxylic acids is 1. The van der Waals surface area contributed by atoms with Crippen LogP contribution in [0.2, 0.25) is 0 Å². The predicted octanol–water partition coefficient (Wildman–Crippen LogP) is 2.46. The van der Waals surface area contributed by atoms with Crippen molar-refractivity contribution in [3.63, 3.8) is 0 Å². The predicted molar refractivity (Wildman–Crippen MR) is 84.7 cm³/mol. The largest absolute Gasteiger partial charge is 0.504 e. The number of hydrogen-bond acceptors (Lipinski definition) is 5. The molecule has 1 fully saturated rings. The van der Waals surface area contributed by atoms with Crippen LogP contribution in [0.25, 0.3) is 0 Å². The van der Waals surface area contributed by atoms with Crippen LogP contribution in [-0.2, 0) is 4.74 Å². The summed E-state index contributed by atoms with van der Waals surface area (Å²) in [7, 11) is 1.53. The smallest absolute Gasteiger partial charge is 0.410 e. The molecule has 1 heterocycles. The summed E-state index contributed by atoms with van der Waals surface area (Å²) in [4.78, 5) is 15.9. The van der Waals surface area contributed by atoms with Crippen LogP contribution in [0.15, 0.2) is 18.2 Å². The molecule has 1 aliphatic rings. The van der Waals surface area contributed by atoms with Gasteiger partial charge in [-0.15, -0.1) is 0 Å². The van der Waals surface area contributed by atoms with E-state index in [1.807, 2.05) is 26.8 Å². The van der Waals surface area contributed by atoms with Gasteiger partial charge in [0.05, 0.1) is 7.11 Å². The number of phenols is 1. The number of benzene rings is 1. The first kappa shape index (κ1) is 16.3. The van der Waals surface area contributed by atoms with E-state index >= 15 is 0 Å². The molecule has 0 spiro atoms. The minimum atomic E-state index is -0.474. The van der Waals surface area contributed by atoms with Crippen molar-refractivity contribution in [2.24, 2.45) is 0 Å². The van der Waals surface area contributed by atoms with Crippen LogP contribution in [-0.4, -0.2) is 55.0 Å². The zero-order valence-electron chi connectivity index (χ0n) is 13.6. The van der Waals surface area contributed by atoms with E-state index in [4.69, 9.17) is 9.47 Å². The second-order valence-corrected chi connectivity index (χ2v) is 6.31. The van der Waals surface area contributed by atoms with Crippen LogP contribution in [0.4, 0.5) is 10.5 Å². The molecule has 2 rings (SSSR count). The van der Waals surface area contributed by atoms with Gasteiger partial charge in [0.15, 0.2) is 11.5 Å². The maximum Gasteiger partial charge on any atom is 0.410 e. The Balaban J connectivity index is 1.96. The van der Waals surface area contributed by atoms with Gasteiger partial charge in [-0.1, -0.05) is 0 Å². The van der Waals surface area contributed by atoms with Gasteiger partial charge < -0.3 is 24.4 Å². The van der Waals surface area contributed by atoms with Crippen molar-refractivity contribution >= 4 is 11.8 Å². The number of amides is 1. The first-order chi connectivity index (χ1) is 10.3. The Bertz CT molecular complexity index is 531. The Labute approximate surface area is 131 Å². The minimum Gasteiger partial charge on any atom is -0.504 e. The summed E-state index contributed by atoms with van der Waals surface area (Å²) in [5.74, 6) is 0.575. The lowest BCUT2D eigenvalue weighted by Crippen LogP contribution is -2.50. The van der Waals surface area contributed by atoms with Gasteiger partial charge in [0.2, 0.25) is 0 Å². The van der Waals surface area contributed by atoms with Crippen LogP contribution < -0.4 is 9.64 Å². The topological polar surface area (TPSA) is 62.2 Å². The van der Waals surface area contributed by atoms with Gasteiger partial charge in [0, 0.05) is 37.9 Å². The summed E-state index contributed by atoms with van der Waals surface area (Å²) in [5, 5.41) is 9.64. The Hall–Kier alpha value is -2.11. The molecule has 0 radical (unpaired) electrons. The summed E-state index contributed by atoms with van der Waals surface area (Å²) in [6, 6.07) is 5.27. The molecule has 1 saturated heterocycles. The molecule has 1 aliphatic heterocycles. The second kappa shape index (κ2) is 6.34. The third kappa shape index (κ3) is 3.96. The van der Waals surface area contributed by atoms with E-state index in [0.29, 0.717) is 31.9 Å². The standard InChI is InChI=1S/C16H24N2O4/c1-16(2,3)22-15(20)18-9-7-17(8-10-18)12-5-6-13(19)14(11-12)21-4/h5-6,11,19H,7-10H2,1-4H3. The number of rotatable bonds is 2. The van der Waals surface area contributed by atoms with E-state index < -0.39 is 5.60 Å². The summed E-state index contributed by atoms with van der Waals surface area (Å²) in [6.45, 7) is 8.24. The quantitative estimate of drug-likeness (QED) is 0.909. The van der Waals surface area contributed by atoms with Crippen LogP contribution >= 0.6 is 0 Å². The number of anilines is 1. The van der Waals surface area contributed by atoms with Crippen LogP contribution in [0, 0.1) is 0 Å². The molecule has 1 amide bonds. The molecular weight excluding hydrogens is 284 g/mol. The van der Waals surface area contributed by atoms with E-state index in [0.717, 1.165) is 5.69 Å². The summed E-state index contributed by atoms with van der Waals surface area (Å²) < 4.78 is 10.5. The van der Waals surface area contributed by atoms with E-state index in [1.54, 1.807) is 17.0 Å². The molecule has 0 aliphatic carbocycles. The molecule has 0 aromatic heterocycles. The lowest BCUT2D eigenvalue weighted by Gasteiger charge is -2.36. The highest BCUT2D eigenvalue weighted by atomic mass is 16.6. The van der Waals surface area contributed by atoms with Gasteiger partial charge in [0.25, 0.3) is 0 Å². The van der Waals surface area contributed by atoms with Crippen molar-refractivity contribution in [2.75, 3.05) is 38.2 Å². The number of carbonyl (C=O) groups is 1. The fourth-order valence-corrected chi connectivity index (χ4v) is 2.34. The third-order valence-electron chi connectivity index (χ3n) is 3.46. The minimum absolute atomic E-state index is 0.124. The van der Waals surface area contributed by atoms with Gasteiger partial charge in [0.1, 0.15) is 5.60 Å². The van der Waals surface area contributed by atoms with Crippen molar-refractivity contribution in [1.82, 2.24) is 4.90 Å². The lowest BCUT2D eigenvalue weighted by molar-refractivity contribution is 0.0240. The van der Waals surface area contributed by atoms with Crippen molar-refractivity contribution in [1.29, 1.82) is 0 Å². The highest BCUT2D eigenvalue weighted by Gasteiger charge is 2.26. The average molecular weight is 308 g/mol. The Kier molecular flexibility index (Phi) is 4.68. The van der Waals surface area contributed by atoms with Crippen LogP contribution in [0.5, 0.6) is 11.5 Å². The molecule has 6 nitrogen and oxygen atoms in total. The summed E-state index contributed by atoms with van der Waals surface area (Å²) in [5.41, 5.74) is 0.497. The Morgan fingerprint density at radius 1 is 1.18 bits per heavy atom. The molecule has 0 bridgehead atoms. The molecule has 0 unspecified atom stereocenters. The maximum absolute atomic E-state index is 12.0. The van der Waals surface area contributed by atoms with Gasteiger partial charge >= 0.3 is 6.09 Å². The number of piperazine rings is 1. The second-order valence-electron chi connectivity index (χ2n) is 6.31. The molecule has 1 aromatic carbocycles. The van der Waals surface area contributed by atoms with E-state index in [1.165, 1.54) is 7.11 Å². The van der Waals surface area contributed by atoms with Gasteiger partial charge in [-0.25, -0.2) is 4.79 Å². The average Bonchev–Trinajstić information content (AvgIpc) is 2.46. The number of nitrogens with zero attached hydrogens (tertiary/aromatic N) is 2. The van der Waals surface area contributed by atoms with E-state index in [2.05, 4.69) is 4.90 Å². The first-order valence-electron chi connectivity index (χ1n) is 7.40. The molecule has 1 aromatic rings. The van der Waals surface area contributed by atoms with Crippen molar-refractivity contribution in [2.45, 2.75) is 26.4 Å². The zero-order valence-corrected chi connectivity index (χ0v) is 13.6. The molecule has 6 heteroatoms. The third-order valence-corrected chi connectivity index (χ3v) is 3.46. The highest BCUT2D eigenvalue weighted by Crippen LogP contribution is 2.31. The SMILES string of the molecule is COc1cc(N2CCN(C(=O)OC(C)(C)C)CC2)ccc1O. The van der Waals surface area contributed by atoms with Gasteiger partial charge in [-0.05, 0) is 32.9 Å². The fourth-order valence-electron chi connectivity index (χ4n) is 2.34. The van der Waals surface area contributed by atoms with Crippen LogP contribution in [0.1, 0.15) is 20.8 Å². The number of phenolic OH excluding ortho intramolecular Hbond substituents is 1. The summed E-state index contributed by atoms with van der Waals surface area (Å²) in [6.07, 6.45) is -0.268. The number of aromatic hydroxyl groups is 1. The van der Waals surface area contributed by atoms with Crippen LogP contribution in [0.3, 0.4) is 0 Å². The molecule has 22 heavy (non-hydrogen) atoms. The van der Waals surface area contributed by atoms with E-state index in [-0.39, 0.29) is 11.8 Å². The van der Waals surface area contributed by atoms with Gasteiger partial charge in [-0.2, -0.15) is 0 Å². The summed E-state index contributed by atoms with van der Waals surface area (Å²) >= 11 is 0. The normalized spacial score (nSPS) is 15.6. The molecule has 0 saturated carbocycles. The highest BCUT2D eigenvalue weighted by molar-refractivity contribution is 5.68. The van der Waals surface area contributed by atoms with E-state index in [9.17, 15) is 9.90 Å².